The van der Waals surface area contributed by atoms with Crippen molar-refractivity contribution in [3.8, 4) is 11.8 Å². The van der Waals surface area contributed by atoms with Gasteiger partial charge in [-0.15, -0.1) is 0 Å². The molecule has 1 saturated heterocycles. The Balaban J connectivity index is 1.20. The number of alkyl halides is 3. The summed E-state index contributed by atoms with van der Waals surface area (Å²) < 4.78 is 46.0. The molecule has 2 aromatic carbocycles. The standard InChI is InChI=1S/C36H37F3N8O/c1-24(2)47-23-30(20-42-47)43-33-6-4-16-46-31(21-41-34(33)46)12-10-26-18-27(8-7-25(26)3)35(48)44-29-11-9-28(32(19-29)36(37,38)39)22-45-15-5-13-40-14-17-45/h4,6-9,11,16,18-21,23-24,40,43H,5,13-15,17,22H2,1-3H3,(H,44,48). The maximum atomic E-state index is 14.1. The topological polar surface area (TPSA) is 91.5 Å². The molecule has 0 atom stereocenters. The minimum atomic E-state index is -4.56. The lowest BCUT2D eigenvalue weighted by Crippen LogP contribution is -2.28. The van der Waals surface area contributed by atoms with Crippen molar-refractivity contribution in [2.24, 2.45) is 0 Å². The van der Waals surface area contributed by atoms with Gasteiger partial charge in [-0.25, -0.2) is 4.98 Å². The van der Waals surface area contributed by atoms with Crippen LogP contribution in [-0.2, 0) is 12.7 Å². The van der Waals surface area contributed by atoms with Crippen LogP contribution in [0.25, 0.3) is 5.65 Å². The lowest BCUT2D eigenvalue weighted by Gasteiger charge is -2.22. The largest absolute Gasteiger partial charge is 0.416 e. The lowest BCUT2D eigenvalue weighted by atomic mass is 10.0. The monoisotopic (exact) mass is 654 g/mol. The van der Waals surface area contributed by atoms with E-state index in [1.807, 2.05) is 45.4 Å². The van der Waals surface area contributed by atoms with Crippen LogP contribution in [0.15, 0.2) is 73.3 Å². The molecule has 0 aliphatic carbocycles. The highest BCUT2D eigenvalue weighted by atomic mass is 19.4. The van der Waals surface area contributed by atoms with Gasteiger partial charge < -0.3 is 16.0 Å². The van der Waals surface area contributed by atoms with Gasteiger partial charge in [-0.05, 0) is 93.7 Å². The maximum absolute atomic E-state index is 14.1. The number of nitrogens with one attached hydrogen (secondary N) is 3. The fourth-order valence-electron chi connectivity index (χ4n) is 5.63. The quantitative estimate of drug-likeness (QED) is 0.171. The SMILES string of the molecule is Cc1ccc(C(=O)Nc2ccc(CN3CCCNCC3)c(C(F)(F)F)c2)cc1C#Cc1cnc2c(Nc3cnn(C(C)C)c3)cccn12. The summed E-state index contributed by atoms with van der Waals surface area (Å²) in [4.78, 5) is 19.8. The number of benzene rings is 2. The molecule has 48 heavy (non-hydrogen) atoms. The van der Waals surface area contributed by atoms with Gasteiger partial charge in [0.25, 0.3) is 5.91 Å². The van der Waals surface area contributed by atoms with E-state index in [1.165, 1.54) is 12.1 Å². The van der Waals surface area contributed by atoms with Crippen LogP contribution in [-0.4, -0.2) is 56.2 Å². The second-order valence-electron chi connectivity index (χ2n) is 12.2. The number of anilines is 3. The fourth-order valence-corrected chi connectivity index (χ4v) is 5.63. The van der Waals surface area contributed by atoms with Gasteiger partial charge in [0.05, 0.1) is 29.3 Å². The van der Waals surface area contributed by atoms with Gasteiger partial charge in [0.15, 0.2) is 5.65 Å². The zero-order chi connectivity index (χ0) is 33.8. The molecule has 3 aromatic heterocycles. The highest BCUT2D eigenvalue weighted by molar-refractivity contribution is 6.04. The normalized spacial score (nSPS) is 14.1. The Bertz CT molecular complexity index is 1990. The molecular weight excluding hydrogens is 617 g/mol. The van der Waals surface area contributed by atoms with Crippen LogP contribution in [0.3, 0.4) is 0 Å². The van der Waals surface area contributed by atoms with Gasteiger partial charge in [0.1, 0.15) is 5.69 Å². The number of fused-ring (bicyclic) bond motifs is 1. The molecule has 0 spiro atoms. The summed E-state index contributed by atoms with van der Waals surface area (Å²) in [5.74, 6) is 5.78. The van der Waals surface area contributed by atoms with E-state index in [2.05, 4.69) is 51.7 Å². The second-order valence-corrected chi connectivity index (χ2v) is 12.2. The van der Waals surface area contributed by atoms with Gasteiger partial charge in [0, 0.05) is 54.9 Å². The Labute approximate surface area is 277 Å². The van der Waals surface area contributed by atoms with E-state index in [1.54, 1.807) is 30.6 Å². The van der Waals surface area contributed by atoms with Crippen LogP contribution in [0.5, 0.6) is 0 Å². The van der Waals surface area contributed by atoms with Gasteiger partial charge in [-0.2, -0.15) is 18.3 Å². The van der Waals surface area contributed by atoms with Crippen molar-refractivity contribution in [2.75, 3.05) is 36.8 Å². The molecule has 0 unspecified atom stereocenters. The number of rotatable bonds is 7. The van der Waals surface area contributed by atoms with Crippen LogP contribution in [0, 0.1) is 18.8 Å². The summed E-state index contributed by atoms with van der Waals surface area (Å²) in [6.45, 7) is 9.19. The molecule has 0 radical (unpaired) electrons. The Morgan fingerprint density at radius 3 is 2.69 bits per heavy atom. The number of hydrogen-bond acceptors (Lipinski definition) is 6. The molecule has 1 amide bonds. The van der Waals surface area contributed by atoms with Crippen LogP contribution in [0.2, 0.25) is 0 Å². The second kappa shape index (κ2) is 13.9. The molecule has 3 N–H and O–H groups in total. The predicted octanol–water partition coefficient (Wildman–Crippen LogP) is 6.63. The zero-order valence-electron chi connectivity index (χ0n) is 27.0. The highest BCUT2D eigenvalue weighted by Gasteiger charge is 2.34. The van der Waals surface area contributed by atoms with Gasteiger partial charge in [-0.1, -0.05) is 18.1 Å². The van der Waals surface area contributed by atoms with Gasteiger partial charge in [-0.3, -0.25) is 18.8 Å². The minimum absolute atomic E-state index is 0.0773. The highest BCUT2D eigenvalue weighted by Crippen LogP contribution is 2.35. The molecule has 9 nitrogen and oxygen atoms in total. The number of amides is 1. The van der Waals surface area contributed by atoms with E-state index in [0.29, 0.717) is 23.4 Å². The lowest BCUT2D eigenvalue weighted by molar-refractivity contribution is -0.138. The molecule has 248 valence electrons. The third-order valence-electron chi connectivity index (χ3n) is 8.27. The Morgan fingerprint density at radius 1 is 1.04 bits per heavy atom. The number of imidazole rings is 1. The van der Waals surface area contributed by atoms with Crippen LogP contribution in [0.4, 0.5) is 30.2 Å². The van der Waals surface area contributed by atoms with Crippen LogP contribution in [0.1, 0.15) is 64.6 Å². The minimum Gasteiger partial charge on any atom is -0.350 e. The van der Waals surface area contributed by atoms with E-state index < -0.39 is 17.6 Å². The van der Waals surface area contributed by atoms with Crippen LogP contribution < -0.4 is 16.0 Å². The molecular formula is C36H37F3N8O. The maximum Gasteiger partial charge on any atom is 0.416 e. The molecule has 1 fully saturated rings. The van der Waals surface area contributed by atoms with Gasteiger partial charge in [0.2, 0.25) is 0 Å². The molecule has 6 rings (SSSR count). The molecule has 0 bridgehead atoms. The number of halogens is 3. The van der Waals surface area contributed by atoms with Crippen molar-refractivity contribution in [1.82, 2.24) is 29.4 Å². The first-order chi connectivity index (χ1) is 23.0. The smallest absolute Gasteiger partial charge is 0.350 e. The van der Waals surface area contributed by atoms with E-state index in [0.717, 1.165) is 49.1 Å². The summed E-state index contributed by atoms with van der Waals surface area (Å²) in [7, 11) is 0. The molecule has 12 heteroatoms. The summed E-state index contributed by atoms with van der Waals surface area (Å²) in [5.41, 5.74) is 4.25. The third-order valence-corrected chi connectivity index (χ3v) is 8.27. The Morgan fingerprint density at radius 2 is 1.90 bits per heavy atom. The van der Waals surface area contributed by atoms with Crippen LogP contribution >= 0.6 is 0 Å². The summed E-state index contributed by atoms with van der Waals surface area (Å²) in [5, 5.41) is 13.7. The summed E-state index contributed by atoms with van der Waals surface area (Å²) >= 11 is 0. The van der Waals surface area contributed by atoms with Crippen molar-refractivity contribution in [3.05, 3.63) is 107 Å². The van der Waals surface area contributed by atoms with E-state index in [4.69, 9.17) is 0 Å². The summed E-state index contributed by atoms with van der Waals surface area (Å²) in [6, 6.07) is 13.1. The number of hydrogen-bond donors (Lipinski definition) is 3. The number of nitrogens with zero attached hydrogens (tertiary/aromatic N) is 5. The first kappa shape index (κ1) is 32.8. The van der Waals surface area contributed by atoms with E-state index in [-0.39, 0.29) is 29.4 Å². The van der Waals surface area contributed by atoms with Crippen molar-refractivity contribution < 1.29 is 18.0 Å². The molecule has 1 aliphatic heterocycles. The third kappa shape index (κ3) is 7.54. The molecule has 5 aromatic rings. The molecule has 0 saturated carbocycles. The Hall–Kier alpha value is -5.12. The number of aryl methyl sites for hydroxylation is 1. The van der Waals surface area contributed by atoms with Crippen molar-refractivity contribution in [3.63, 3.8) is 0 Å². The Kier molecular flexibility index (Phi) is 9.52. The first-order valence-corrected chi connectivity index (χ1v) is 15.9. The number of carbonyl (C=O) groups is 1. The fraction of sp³-hybridized carbons (Fsp3) is 0.306. The zero-order valence-corrected chi connectivity index (χ0v) is 27.0. The van der Waals surface area contributed by atoms with Crippen molar-refractivity contribution >= 4 is 28.6 Å². The number of pyridine rings is 1. The molecule has 1 aliphatic rings. The molecule has 4 heterocycles. The first-order valence-electron chi connectivity index (χ1n) is 15.9. The summed E-state index contributed by atoms with van der Waals surface area (Å²) in [6.07, 6.45) is 3.57. The predicted molar refractivity (Wildman–Crippen MR) is 180 cm³/mol. The van der Waals surface area contributed by atoms with E-state index in [9.17, 15) is 18.0 Å². The number of aromatic nitrogens is 4. The van der Waals surface area contributed by atoms with Crippen molar-refractivity contribution in [1.29, 1.82) is 0 Å². The van der Waals surface area contributed by atoms with Crippen molar-refractivity contribution in [2.45, 2.75) is 46.0 Å². The van der Waals surface area contributed by atoms with E-state index >= 15 is 0 Å². The number of carbonyl (C=O) groups excluding carboxylic acids is 1. The van der Waals surface area contributed by atoms with Gasteiger partial charge >= 0.3 is 6.18 Å². The average molecular weight is 655 g/mol. The average Bonchev–Trinajstić information content (AvgIpc) is 3.62.